The second-order valence-corrected chi connectivity index (χ2v) is 32.6. The fourth-order valence-corrected chi connectivity index (χ4v) is 16.7. The van der Waals surface area contributed by atoms with Crippen LogP contribution >= 0.6 is 34.7 Å². The van der Waals surface area contributed by atoms with Gasteiger partial charge in [0, 0.05) is 124 Å². The molecule has 5 atom stereocenters. The van der Waals surface area contributed by atoms with Gasteiger partial charge in [0.2, 0.25) is 23.6 Å². The Bertz CT molecular complexity index is 4150. The lowest BCUT2D eigenvalue weighted by Crippen LogP contribution is -2.57. The van der Waals surface area contributed by atoms with E-state index in [9.17, 15) is 59.1 Å². The van der Waals surface area contributed by atoms with Crippen LogP contribution in [0.5, 0.6) is 0 Å². The Morgan fingerprint density at radius 2 is 1.49 bits per heavy atom. The van der Waals surface area contributed by atoms with E-state index in [1.54, 1.807) is 54.7 Å². The highest BCUT2D eigenvalue weighted by Crippen LogP contribution is 2.38. The SMILES string of the molecule is Cc1ncsc1-c1ccc([C@H](C)NC(=O)[C@@H]2C[C@@H](O)CN2C(=O)[C@@H](NC(=O)CCC(=O)N2CCC(c3ccc(Cl)cc3)=C(CN3CCN(c4ccc(C(=O)NS(=O)(=O)c5ccc(N[C@H](CCN6CCOCC6)CSc6ccccc6)c(S(=O)(=O)C(F)(F)F)c5)cc4)CC3)C2)C(C)(C)C)cc1. The van der Waals surface area contributed by atoms with Gasteiger partial charge in [0.1, 0.15) is 17.0 Å². The number of sulfone groups is 1. The number of β-amino-alcohol motifs (C(OH)–C–C–N with tert-alkyl or cyclic N) is 1. The van der Waals surface area contributed by atoms with Gasteiger partial charge in [-0.3, -0.25) is 33.8 Å². The minimum absolute atomic E-state index is 0.0207. The first-order valence-electron chi connectivity index (χ1n) is 33.2. The number of piperazine rings is 1. The predicted octanol–water partition coefficient (Wildman–Crippen LogP) is 9.44. The molecule has 0 unspecified atom stereocenters. The number of aromatic nitrogens is 1. The minimum Gasteiger partial charge on any atom is -0.391 e. The Balaban J connectivity index is 0.737. The number of alkyl halides is 3. The smallest absolute Gasteiger partial charge is 0.391 e. The van der Waals surface area contributed by atoms with Crippen LogP contribution in [0.1, 0.15) is 93.0 Å². The lowest BCUT2D eigenvalue weighted by atomic mass is 9.85. The van der Waals surface area contributed by atoms with E-state index >= 15 is 0 Å². The van der Waals surface area contributed by atoms with E-state index in [-0.39, 0.29) is 37.3 Å². The largest absolute Gasteiger partial charge is 0.501 e. The van der Waals surface area contributed by atoms with Gasteiger partial charge in [-0.15, -0.1) is 23.1 Å². The van der Waals surface area contributed by atoms with Crippen molar-refractivity contribution in [1.82, 2.24) is 39.9 Å². The zero-order valence-corrected chi connectivity index (χ0v) is 60.3. The van der Waals surface area contributed by atoms with E-state index in [1.165, 1.54) is 28.8 Å². The summed E-state index contributed by atoms with van der Waals surface area (Å²) in [6.07, 6.45) is -0.353. The molecule has 1 aromatic heterocycles. The number of nitrogens with one attached hydrogen (secondary N) is 4. The second kappa shape index (κ2) is 32.7. The van der Waals surface area contributed by atoms with Crippen molar-refractivity contribution in [1.29, 1.82) is 0 Å². The zero-order chi connectivity index (χ0) is 71.7. The highest BCUT2D eigenvalue weighted by Gasteiger charge is 2.49. The number of aliphatic hydroxyl groups excluding tert-OH is 1. The van der Waals surface area contributed by atoms with Crippen LogP contribution in [-0.4, -0.2) is 197 Å². The summed E-state index contributed by atoms with van der Waals surface area (Å²) in [5.74, 6) is -2.48. The maximum Gasteiger partial charge on any atom is 0.501 e. The first kappa shape index (κ1) is 75.3. The van der Waals surface area contributed by atoms with Crippen LogP contribution in [0.4, 0.5) is 24.5 Å². The highest BCUT2D eigenvalue weighted by atomic mass is 35.5. The maximum absolute atomic E-state index is 14.5. The molecule has 3 fully saturated rings. The Hall–Kier alpha value is -7.41. The summed E-state index contributed by atoms with van der Waals surface area (Å²) >= 11 is 9.29. The maximum atomic E-state index is 14.5. The van der Waals surface area contributed by atoms with E-state index in [4.69, 9.17) is 16.3 Å². The van der Waals surface area contributed by atoms with Crippen molar-refractivity contribution in [3.63, 3.8) is 0 Å². The van der Waals surface area contributed by atoms with Gasteiger partial charge in [0.25, 0.3) is 25.8 Å². The van der Waals surface area contributed by atoms with Gasteiger partial charge in [-0.25, -0.2) is 26.5 Å². The molecule has 100 heavy (non-hydrogen) atoms. The number of rotatable bonds is 25. The number of likely N-dealkylation sites (tertiary alicyclic amines) is 1. The zero-order valence-electron chi connectivity index (χ0n) is 56.3. The second-order valence-electron chi connectivity index (χ2n) is 26.6. The molecule has 4 aliphatic rings. The van der Waals surface area contributed by atoms with Crippen LogP contribution in [0, 0.1) is 12.3 Å². The van der Waals surface area contributed by atoms with E-state index in [2.05, 4.69) is 35.6 Å². The Labute approximate surface area is 595 Å². The van der Waals surface area contributed by atoms with Crippen molar-refractivity contribution >= 4 is 101 Å². The molecule has 5 heterocycles. The summed E-state index contributed by atoms with van der Waals surface area (Å²) in [4.78, 5) is 83.6. The molecule has 5 aromatic carbocycles. The minimum atomic E-state index is -6.13. The Morgan fingerprint density at radius 1 is 0.810 bits per heavy atom. The topological polar surface area (TPSA) is 260 Å². The molecule has 0 bridgehead atoms. The normalized spacial score (nSPS) is 18.5. The van der Waals surface area contributed by atoms with Crippen molar-refractivity contribution < 1.29 is 63.8 Å². The number of thiazole rings is 1. The third-order valence-corrected chi connectivity index (χ3v) is 23.7. The van der Waals surface area contributed by atoms with E-state index in [0.717, 1.165) is 61.1 Å². The van der Waals surface area contributed by atoms with Gasteiger partial charge in [-0.2, -0.15) is 13.2 Å². The molecule has 0 spiro atoms. The van der Waals surface area contributed by atoms with Gasteiger partial charge in [0.05, 0.1) is 52.0 Å². The number of anilines is 2. The van der Waals surface area contributed by atoms with Crippen molar-refractivity contribution in [2.45, 2.75) is 117 Å². The molecule has 29 heteroatoms. The van der Waals surface area contributed by atoms with E-state index in [1.807, 2.05) is 97.4 Å². The van der Waals surface area contributed by atoms with Crippen LogP contribution in [0.3, 0.4) is 0 Å². The van der Waals surface area contributed by atoms with Crippen LogP contribution in [0.2, 0.25) is 5.02 Å². The number of carbonyl (C=O) groups excluding carboxylic acids is 5. The molecular formula is C71H84ClF3N10O11S4. The molecule has 4 aliphatic heterocycles. The van der Waals surface area contributed by atoms with Gasteiger partial charge in [-0.1, -0.05) is 87.0 Å². The molecule has 0 radical (unpaired) electrons. The molecular weight excluding hydrogens is 1390 g/mol. The first-order chi connectivity index (χ1) is 47.5. The number of carbonyl (C=O) groups is 5. The number of ether oxygens (including phenoxy) is 1. The monoisotopic (exact) mass is 1470 g/mol. The highest BCUT2D eigenvalue weighted by molar-refractivity contribution is 7.99. The fraction of sp³-hybridized carbons (Fsp3) is 0.437. The number of benzene rings is 5. The third-order valence-electron chi connectivity index (χ3n) is 18.4. The van der Waals surface area contributed by atoms with E-state index in [0.29, 0.717) is 108 Å². The predicted molar refractivity (Wildman–Crippen MR) is 381 cm³/mol. The molecule has 3 saturated heterocycles. The molecule has 10 rings (SSSR count). The van der Waals surface area contributed by atoms with Gasteiger partial charge in [-0.05, 0) is 127 Å². The number of sulfonamides is 1. The number of aryl methyl sites for hydroxylation is 1. The third kappa shape index (κ3) is 19.0. The lowest BCUT2D eigenvalue weighted by molar-refractivity contribution is -0.144. The van der Waals surface area contributed by atoms with E-state index < -0.39 is 100 Å². The van der Waals surface area contributed by atoms with Gasteiger partial charge < -0.3 is 40.5 Å². The summed E-state index contributed by atoms with van der Waals surface area (Å²) in [5.41, 5.74) is 1.20. The van der Waals surface area contributed by atoms with Crippen LogP contribution < -0.4 is 25.6 Å². The summed E-state index contributed by atoms with van der Waals surface area (Å²) < 4.78 is 105. The number of nitrogens with zero attached hydrogens (tertiary/aromatic N) is 6. The van der Waals surface area contributed by atoms with Crippen LogP contribution in [-0.2, 0) is 43.8 Å². The van der Waals surface area contributed by atoms with Crippen LogP contribution in [0.25, 0.3) is 16.0 Å². The molecule has 0 saturated carbocycles. The molecule has 5 amide bonds. The van der Waals surface area contributed by atoms with Crippen LogP contribution in [0.15, 0.2) is 147 Å². The lowest BCUT2D eigenvalue weighted by Gasteiger charge is -2.39. The summed E-state index contributed by atoms with van der Waals surface area (Å²) in [6.45, 7) is 15.4. The summed E-state index contributed by atoms with van der Waals surface area (Å²) in [5, 5.41) is 20.3. The summed E-state index contributed by atoms with van der Waals surface area (Å²) in [7, 11) is -11.1. The average molecular weight is 1470 g/mol. The van der Waals surface area contributed by atoms with Crippen molar-refractivity contribution in [2.24, 2.45) is 5.41 Å². The van der Waals surface area contributed by atoms with Gasteiger partial charge >= 0.3 is 5.51 Å². The standard InChI is InChI=1S/C71H84ClF3N10O11S4/c1-46(48-11-13-50(14-12-48)65-47(2)76-45-98-65)77-68(90)61-39-56(86)43-85(61)69(91)66(70(3,4)5)79-63(87)25-26-64(88)84-30-28-59(49-15-19-53(72)20-16-49)52(42-84)41-82-31-33-83(34-32-82)55-21-17-51(18-22-55)67(89)80-100(94,95)58-23-24-60(62(40-58)99(92,93)71(73,74)75)78-54(27-29-81-35-37-96-38-36-81)44-97-57-9-7-6-8-10-57/h6-24,40,45-46,54,56,61,66,78,86H,25-39,41-44H2,1-5H3,(H,77,90)(H,79,87)(H,80,89)/t46-,54+,56+,61-,66+/m0/s1. The molecule has 0 aliphatic carbocycles. The number of hydrogen-bond acceptors (Lipinski definition) is 18. The van der Waals surface area contributed by atoms with Crippen molar-refractivity contribution in [3.05, 3.63) is 160 Å². The number of thioether (sulfide) groups is 1. The number of amides is 5. The number of halogens is 4. The average Bonchev–Trinajstić information content (AvgIpc) is 1.10. The Kier molecular flexibility index (Phi) is 24.6. The Morgan fingerprint density at radius 3 is 2.14 bits per heavy atom. The van der Waals surface area contributed by atoms with Gasteiger partial charge in [0.15, 0.2) is 0 Å². The van der Waals surface area contributed by atoms with Crippen molar-refractivity contribution in [3.8, 4) is 10.4 Å². The first-order valence-corrected chi connectivity index (χ1v) is 38.4. The molecule has 536 valence electrons. The quantitative estimate of drug-likeness (QED) is 0.0334. The number of aliphatic hydroxyl groups is 1. The number of hydrogen-bond donors (Lipinski definition) is 5. The molecule has 5 N–H and O–H groups in total. The molecule has 6 aromatic rings. The van der Waals surface area contributed by atoms with Crippen molar-refractivity contribution in [2.75, 3.05) is 101 Å². The fourth-order valence-electron chi connectivity index (χ4n) is 12.7. The number of morpholine rings is 1. The molecule has 21 nitrogen and oxygen atoms in total. The summed E-state index contributed by atoms with van der Waals surface area (Å²) in [6, 6.07) is 30.0.